The van der Waals surface area contributed by atoms with E-state index >= 15 is 0 Å². The minimum atomic E-state index is -1.13. The lowest BCUT2D eigenvalue weighted by atomic mass is 9.84. The summed E-state index contributed by atoms with van der Waals surface area (Å²) in [5, 5.41) is 9.11. The first-order valence-electron chi connectivity index (χ1n) is 6.10. The molecule has 0 unspecified atom stereocenters. The Morgan fingerprint density at radius 2 is 1.71 bits per heavy atom. The van der Waals surface area contributed by atoms with E-state index in [0.29, 0.717) is 0 Å². The minimum Gasteiger partial charge on any atom is -0.477 e. The van der Waals surface area contributed by atoms with Crippen LogP contribution in [0.15, 0.2) is 28.9 Å². The second-order valence-corrected chi connectivity index (χ2v) is 4.60. The molecule has 0 spiro atoms. The summed E-state index contributed by atoms with van der Waals surface area (Å²) in [5.41, 5.74) is 2.07. The summed E-state index contributed by atoms with van der Waals surface area (Å²) in [7, 11) is 0. The quantitative estimate of drug-likeness (QED) is 0.460. The summed E-state index contributed by atoms with van der Waals surface area (Å²) < 4.78 is 0. The lowest BCUT2D eigenvalue weighted by Gasteiger charge is -2.18. The van der Waals surface area contributed by atoms with Gasteiger partial charge in [-0.3, -0.25) is 0 Å². The van der Waals surface area contributed by atoms with E-state index in [9.17, 15) is 9.59 Å². The Morgan fingerprint density at radius 1 is 1.18 bits per heavy atom. The number of aliphatic carboxylic acids is 1. The maximum atomic E-state index is 11.1. The Kier molecular flexibility index (Phi) is 3.60. The summed E-state index contributed by atoms with van der Waals surface area (Å²) in [6.07, 6.45) is 10.1. The first kappa shape index (κ1) is 11.9. The lowest BCUT2D eigenvalue weighted by molar-refractivity contribution is -0.132. The van der Waals surface area contributed by atoms with Crippen molar-refractivity contribution in [2.45, 2.75) is 38.5 Å². The Hall–Kier alpha value is -1.60. The van der Waals surface area contributed by atoms with Gasteiger partial charge < -0.3 is 5.11 Å². The number of carbonyl (C=O) groups is 1. The van der Waals surface area contributed by atoms with Gasteiger partial charge in [0.1, 0.15) is 11.5 Å². The molecule has 17 heavy (non-hydrogen) atoms. The SMILES string of the molecule is O=C=C(C(=O)O)C(C1=CCCC1)C1=CCCC1. The number of hydrogen-bond acceptors (Lipinski definition) is 2. The monoisotopic (exact) mass is 232 g/mol. The maximum Gasteiger partial charge on any atom is 0.343 e. The van der Waals surface area contributed by atoms with Crippen molar-refractivity contribution in [2.24, 2.45) is 5.92 Å². The third kappa shape index (κ3) is 2.40. The van der Waals surface area contributed by atoms with Gasteiger partial charge in [0, 0.05) is 5.92 Å². The molecule has 0 aromatic rings. The van der Waals surface area contributed by atoms with Gasteiger partial charge in [0.2, 0.25) is 0 Å². The first-order valence-corrected chi connectivity index (χ1v) is 6.10. The van der Waals surface area contributed by atoms with Crippen molar-refractivity contribution in [1.82, 2.24) is 0 Å². The first-order chi connectivity index (χ1) is 8.24. The van der Waals surface area contributed by atoms with Crippen LogP contribution in [0, 0.1) is 5.92 Å². The lowest BCUT2D eigenvalue weighted by Crippen LogP contribution is -2.17. The normalized spacial score (nSPS) is 18.9. The molecule has 0 bridgehead atoms. The van der Waals surface area contributed by atoms with Crippen LogP contribution in [0.1, 0.15) is 38.5 Å². The summed E-state index contributed by atoms with van der Waals surface area (Å²) in [5.74, 6) is 0.197. The van der Waals surface area contributed by atoms with Crippen molar-refractivity contribution in [3.8, 4) is 0 Å². The highest BCUT2D eigenvalue weighted by Crippen LogP contribution is 2.38. The molecule has 0 radical (unpaired) electrons. The second-order valence-electron chi connectivity index (χ2n) is 4.60. The Morgan fingerprint density at radius 3 is 2.00 bits per heavy atom. The van der Waals surface area contributed by atoms with Crippen LogP contribution >= 0.6 is 0 Å². The molecule has 0 saturated carbocycles. The van der Waals surface area contributed by atoms with E-state index in [1.165, 1.54) is 0 Å². The molecule has 0 aromatic carbocycles. The zero-order chi connectivity index (χ0) is 12.3. The molecule has 3 nitrogen and oxygen atoms in total. The minimum absolute atomic E-state index is 0.119. The average Bonchev–Trinajstić information content (AvgIpc) is 2.98. The van der Waals surface area contributed by atoms with Crippen LogP contribution < -0.4 is 0 Å². The largest absolute Gasteiger partial charge is 0.477 e. The maximum absolute atomic E-state index is 11.1. The van der Waals surface area contributed by atoms with E-state index in [4.69, 9.17) is 5.11 Å². The Bertz CT molecular complexity index is 412. The zero-order valence-corrected chi connectivity index (χ0v) is 9.74. The molecule has 0 heterocycles. The summed E-state index contributed by atoms with van der Waals surface area (Å²) in [6, 6.07) is 0. The third-order valence-corrected chi connectivity index (χ3v) is 3.52. The van der Waals surface area contributed by atoms with Crippen molar-refractivity contribution >= 4 is 11.9 Å². The zero-order valence-electron chi connectivity index (χ0n) is 9.74. The van der Waals surface area contributed by atoms with E-state index in [1.54, 1.807) is 5.94 Å². The van der Waals surface area contributed by atoms with Crippen LogP contribution in [0.3, 0.4) is 0 Å². The molecule has 0 aromatic heterocycles. The van der Waals surface area contributed by atoms with Crippen LogP contribution in [0.25, 0.3) is 0 Å². The standard InChI is InChI=1S/C14H16O3/c15-9-12(14(16)17)13(10-5-1-2-6-10)11-7-3-4-8-11/h5,7,13H,1-4,6,8H2,(H,16,17). The number of rotatable bonds is 4. The van der Waals surface area contributed by atoms with E-state index < -0.39 is 5.97 Å². The van der Waals surface area contributed by atoms with Crippen molar-refractivity contribution in [2.75, 3.05) is 0 Å². The van der Waals surface area contributed by atoms with Gasteiger partial charge in [-0.1, -0.05) is 23.3 Å². The predicted octanol–water partition coefficient (Wildman–Crippen LogP) is 2.67. The van der Waals surface area contributed by atoms with Crippen molar-refractivity contribution in [3.05, 3.63) is 28.9 Å². The Balaban J connectivity index is 2.36. The topological polar surface area (TPSA) is 54.4 Å². The van der Waals surface area contributed by atoms with Crippen molar-refractivity contribution in [1.29, 1.82) is 0 Å². The number of carboxylic acids is 1. The average molecular weight is 232 g/mol. The summed E-state index contributed by atoms with van der Waals surface area (Å²) in [6.45, 7) is 0. The molecular formula is C14H16O3. The fourth-order valence-corrected chi connectivity index (χ4v) is 2.75. The van der Waals surface area contributed by atoms with Crippen LogP contribution in [0.4, 0.5) is 0 Å². The van der Waals surface area contributed by atoms with Gasteiger partial charge in [0.05, 0.1) is 0 Å². The predicted molar refractivity (Wildman–Crippen MR) is 64.2 cm³/mol. The van der Waals surface area contributed by atoms with Crippen LogP contribution in [-0.4, -0.2) is 17.0 Å². The smallest absolute Gasteiger partial charge is 0.343 e. The number of carboxylic acid groups (broad SMARTS) is 1. The van der Waals surface area contributed by atoms with Gasteiger partial charge in [-0.15, -0.1) is 0 Å². The van der Waals surface area contributed by atoms with E-state index in [1.807, 2.05) is 0 Å². The fraction of sp³-hybridized carbons (Fsp3) is 0.500. The summed E-state index contributed by atoms with van der Waals surface area (Å²) in [4.78, 5) is 22.0. The summed E-state index contributed by atoms with van der Waals surface area (Å²) >= 11 is 0. The highest BCUT2D eigenvalue weighted by atomic mass is 16.4. The number of carbonyl (C=O) groups excluding carboxylic acids is 1. The van der Waals surface area contributed by atoms with Gasteiger partial charge in [0.25, 0.3) is 0 Å². The molecule has 0 saturated heterocycles. The van der Waals surface area contributed by atoms with Gasteiger partial charge in [-0.2, -0.15) is 0 Å². The molecule has 90 valence electrons. The molecule has 2 rings (SSSR count). The Labute approximate surface area is 101 Å². The van der Waals surface area contributed by atoms with E-state index in [2.05, 4.69) is 12.2 Å². The molecular weight excluding hydrogens is 216 g/mol. The van der Waals surface area contributed by atoms with Crippen LogP contribution in [0.2, 0.25) is 0 Å². The van der Waals surface area contributed by atoms with Gasteiger partial charge >= 0.3 is 5.97 Å². The highest BCUT2D eigenvalue weighted by molar-refractivity contribution is 5.97. The molecule has 0 fully saturated rings. The molecule has 0 aliphatic heterocycles. The van der Waals surface area contributed by atoms with Crippen molar-refractivity contribution in [3.63, 3.8) is 0 Å². The van der Waals surface area contributed by atoms with Crippen LogP contribution in [-0.2, 0) is 9.59 Å². The second kappa shape index (κ2) is 5.15. The number of hydrogen-bond donors (Lipinski definition) is 1. The fourth-order valence-electron chi connectivity index (χ4n) is 2.75. The molecule has 3 heteroatoms. The van der Waals surface area contributed by atoms with E-state index in [-0.39, 0.29) is 11.5 Å². The van der Waals surface area contributed by atoms with Gasteiger partial charge in [0.15, 0.2) is 0 Å². The van der Waals surface area contributed by atoms with Gasteiger partial charge in [-0.25, -0.2) is 9.59 Å². The van der Waals surface area contributed by atoms with Crippen LogP contribution in [0.5, 0.6) is 0 Å². The number of allylic oxidation sites excluding steroid dienone is 4. The third-order valence-electron chi connectivity index (χ3n) is 3.52. The molecule has 0 amide bonds. The molecule has 0 atom stereocenters. The van der Waals surface area contributed by atoms with E-state index in [0.717, 1.165) is 49.7 Å². The molecule has 2 aliphatic rings. The van der Waals surface area contributed by atoms with Gasteiger partial charge in [-0.05, 0) is 38.5 Å². The highest BCUT2D eigenvalue weighted by Gasteiger charge is 2.30. The van der Waals surface area contributed by atoms with Crippen molar-refractivity contribution < 1.29 is 14.7 Å². The molecule has 2 aliphatic carbocycles. The molecule has 1 N–H and O–H groups in total.